The molecule has 8 heteroatoms. The van der Waals surface area contributed by atoms with E-state index in [4.69, 9.17) is 4.99 Å². The van der Waals surface area contributed by atoms with E-state index in [1.165, 1.54) is 16.7 Å². The van der Waals surface area contributed by atoms with E-state index >= 15 is 0 Å². The van der Waals surface area contributed by atoms with Gasteiger partial charge in [-0.25, -0.2) is 4.99 Å². The summed E-state index contributed by atoms with van der Waals surface area (Å²) >= 11 is 3.13. The molecular weight excluding hydrogens is 464 g/mol. The van der Waals surface area contributed by atoms with Crippen LogP contribution in [0.5, 0.6) is 0 Å². The number of thioether (sulfide) groups is 2. The van der Waals surface area contributed by atoms with Crippen LogP contribution in [0.3, 0.4) is 0 Å². The van der Waals surface area contributed by atoms with Gasteiger partial charge < -0.3 is 14.9 Å². The lowest BCUT2D eigenvalue weighted by atomic mass is 10.1. The van der Waals surface area contributed by atoms with Gasteiger partial charge in [0.15, 0.2) is 5.17 Å². The van der Waals surface area contributed by atoms with Gasteiger partial charge in [-0.05, 0) is 67.9 Å². The highest BCUT2D eigenvalue weighted by atomic mass is 32.2. The number of anilines is 2. The Morgan fingerprint density at radius 3 is 2.59 bits per heavy atom. The molecule has 0 unspecified atom stereocenters. The molecule has 0 aliphatic carbocycles. The van der Waals surface area contributed by atoms with Crippen LogP contribution in [0.15, 0.2) is 62.3 Å². The smallest absolute Gasteiger partial charge is 0.269 e. The van der Waals surface area contributed by atoms with Crippen LogP contribution in [0.1, 0.15) is 32.3 Å². The van der Waals surface area contributed by atoms with E-state index in [2.05, 4.69) is 41.8 Å². The van der Waals surface area contributed by atoms with Crippen molar-refractivity contribution in [1.82, 2.24) is 4.90 Å². The molecule has 2 aliphatic rings. The summed E-state index contributed by atoms with van der Waals surface area (Å²) in [7, 11) is 2.02. The largest absolute Gasteiger partial charge is 0.395 e. The van der Waals surface area contributed by atoms with Gasteiger partial charge in [0, 0.05) is 37.3 Å². The molecule has 0 aromatic heterocycles. The van der Waals surface area contributed by atoms with Crippen LogP contribution in [0.2, 0.25) is 0 Å². The van der Waals surface area contributed by atoms with Crippen LogP contribution in [-0.4, -0.2) is 54.4 Å². The summed E-state index contributed by atoms with van der Waals surface area (Å²) in [6, 6.07) is 14.4. The molecule has 1 saturated heterocycles. The van der Waals surface area contributed by atoms with E-state index in [0.29, 0.717) is 13.1 Å². The molecule has 0 bridgehead atoms. The highest BCUT2D eigenvalue weighted by Crippen LogP contribution is 2.50. The van der Waals surface area contributed by atoms with Crippen LogP contribution in [0.25, 0.3) is 0 Å². The fraction of sp³-hybridized carbons (Fsp3) is 0.385. The standard InChI is InChI=1S/C26H32N4O2S2/c1-5-7-14-30-24(32)23(25-28(4)21-10-8-9-11-22(21)33-25)34-26(30)27-20-13-12-19(17-18(20)3)29(6-2)15-16-31/h8-13,17,31H,5-7,14-16H2,1-4H3. The minimum atomic E-state index is 0.0359. The fourth-order valence-corrected chi connectivity index (χ4v) is 6.45. The number of aryl methyl sites for hydroxylation is 1. The molecule has 1 fully saturated rings. The zero-order valence-corrected chi connectivity index (χ0v) is 21.9. The molecule has 2 aliphatic heterocycles. The number of carbonyl (C=O) groups excluding carboxylic acids is 1. The van der Waals surface area contributed by atoms with Gasteiger partial charge in [0.25, 0.3) is 5.91 Å². The number of aliphatic hydroxyl groups excluding tert-OH is 1. The van der Waals surface area contributed by atoms with Gasteiger partial charge in [-0.2, -0.15) is 0 Å². The number of para-hydroxylation sites is 1. The molecule has 1 N–H and O–H groups in total. The predicted molar refractivity (Wildman–Crippen MR) is 145 cm³/mol. The monoisotopic (exact) mass is 496 g/mol. The Morgan fingerprint density at radius 1 is 1.12 bits per heavy atom. The minimum Gasteiger partial charge on any atom is -0.395 e. The zero-order valence-electron chi connectivity index (χ0n) is 20.2. The number of hydrogen-bond donors (Lipinski definition) is 1. The SMILES string of the molecule is CCCCN1C(=O)C(=C2Sc3ccccc3N2C)SC1=Nc1ccc(N(CC)CCO)cc1C. The van der Waals surface area contributed by atoms with Crippen molar-refractivity contribution < 1.29 is 9.90 Å². The maximum atomic E-state index is 13.5. The lowest BCUT2D eigenvalue weighted by molar-refractivity contribution is -0.122. The second kappa shape index (κ2) is 10.9. The molecule has 2 heterocycles. The van der Waals surface area contributed by atoms with Crippen molar-refractivity contribution in [3.63, 3.8) is 0 Å². The van der Waals surface area contributed by atoms with E-state index in [-0.39, 0.29) is 12.5 Å². The van der Waals surface area contributed by atoms with Gasteiger partial charge >= 0.3 is 0 Å². The summed E-state index contributed by atoms with van der Waals surface area (Å²) in [5.74, 6) is 0.0359. The molecule has 2 aromatic carbocycles. The number of unbranched alkanes of at least 4 members (excludes halogenated alkanes) is 1. The van der Waals surface area contributed by atoms with Crippen LogP contribution >= 0.6 is 23.5 Å². The number of nitrogens with zero attached hydrogens (tertiary/aromatic N) is 4. The number of benzene rings is 2. The summed E-state index contributed by atoms with van der Waals surface area (Å²) in [4.78, 5) is 26.5. The Bertz CT molecular complexity index is 1130. The lowest BCUT2D eigenvalue weighted by Crippen LogP contribution is -2.30. The van der Waals surface area contributed by atoms with Gasteiger partial charge in [-0.1, -0.05) is 37.2 Å². The zero-order chi connectivity index (χ0) is 24.2. The highest BCUT2D eigenvalue weighted by molar-refractivity contribution is 8.19. The third-order valence-corrected chi connectivity index (χ3v) is 8.48. The number of aliphatic hydroxyl groups is 1. The Labute approximate surface area is 210 Å². The van der Waals surface area contributed by atoms with Gasteiger partial charge in [-0.15, -0.1) is 0 Å². The van der Waals surface area contributed by atoms with Crippen LogP contribution in [0, 0.1) is 6.92 Å². The van der Waals surface area contributed by atoms with Crippen molar-refractivity contribution in [2.24, 2.45) is 4.99 Å². The number of hydrogen-bond acceptors (Lipinski definition) is 7. The minimum absolute atomic E-state index is 0.0359. The first-order chi connectivity index (χ1) is 16.5. The van der Waals surface area contributed by atoms with Gasteiger partial charge in [0.05, 0.1) is 23.0 Å². The second-order valence-electron chi connectivity index (χ2n) is 8.34. The topological polar surface area (TPSA) is 59.4 Å². The molecule has 0 spiro atoms. The summed E-state index contributed by atoms with van der Waals surface area (Å²) < 4.78 is 0. The molecular formula is C26H32N4O2S2. The Kier molecular flexibility index (Phi) is 7.91. The molecule has 180 valence electrons. The van der Waals surface area contributed by atoms with Crippen molar-refractivity contribution >= 4 is 51.7 Å². The van der Waals surface area contributed by atoms with E-state index < -0.39 is 0 Å². The molecule has 0 radical (unpaired) electrons. The van der Waals surface area contributed by atoms with E-state index in [1.54, 1.807) is 11.8 Å². The summed E-state index contributed by atoms with van der Waals surface area (Å²) in [6.45, 7) is 8.47. The third kappa shape index (κ3) is 4.85. The van der Waals surface area contributed by atoms with Crippen LogP contribution in [-0.2, 0) is 4.79 Å². The Balaban J connectivity index is 1.68. The first-order valence-corrected chi connectivity index (χ1v) is 13.4. The Morgan fingerprint density at radius 2 is 1.91 bits per heavy atom. The van der Waals surface area contributed by atoms with Crippen molar-refractivity contribution in [1.29, 1.82) is 0 Å². The highest BCUT2D eigenvalue weighted by Gasteiger charge is 2.38. The summed E-state index contributed by atoms with van der Waals surface area (Å²) in [5.41, 5.74) is 4.11. The Hall–Kier alpha value is -2.42. The maximum Gasteiger partial charge on any atom is 0.269 e. The van der Waals surface area contributed by atoms with Crippen molar-refractivity contribution in [3.8, 4) is 0 Å². The first kappa shape index (κ1) is 24.7. The second-order valence-corrected chi connectivity index (χ2v) is 10.4. The molecule has 2 aromatic rings. The van der Waals surface area contributed by atoms with Gasteiger partial charge in [0.2, 0.25) is 0 Å². The van der Waals surface area contributed by atoms with Gasteiger partial charge in [0.1, 0.15) is 4.91 Å². The first-order valence-electron chi connectivity index (χ1n) is 11.8. The van der Waals surface area contributed by atoms with E-state index in [0.717, 1.165) is 57.1 Å². The number of amides is 1. The maximum absolute atomic E-state index is 13.5. The van der Waals surface area contributed by atoms with Crippen molar-refractivity contribution in [3.05, 3.63) is 58.0 Å². The number of aliphatic imine (C=N–C) groups is 1. The fourth-order valence-electron chi connectivity index (χ4n) is 4.09. The predicted octanol–water partition coefficient (Wildman–Crippen LogP) is 5.59. The number of fused-ring (bicyclic) bond motifs is 1. The van der Waals surface area contributed by atoms with Gasteiger partial charge in [-0.3, -0.25) is 9.69 Å². The summed E-state index contributed by atoms with van der Waals surface area (Å²) in [5, 5.41) is 11.1. The molecule has 1 amide bonds. The van der Waals surface area contributed by atoms with E-state index in [1.807, 2.05) is 43.1 Å². The van der Waals surface area contributed by atoms with Crippen molar-refractivity contribution in [2.45, 2.75) is 38.5 Å². The van der Waals surface area contributed by atoms with Crippen LogP contribution in [0.4, 0.5) is 17.1 Å². The number of likely N-dealkylation sites (N-methyl/N-ethyl adjacent to an activating group) is 1. The average molecular weight is 497 g/mol. The summed E-state index contributed by atoms with van der Waals surface area (Å²) in [6.07, 6.45) is 1.95. The molecule has 0 atom stereocenters. The number of rotatable bonds is 8. The lowest BCUT2D eigenvalue weighted by Gasteiger charge is -2.22. The number of carbonyl (C=O) groups is 1. The normalized spacial score (nSPS) is 18.9. The molecule has 6 nitrogen and oxygen atoms in total. The average Bonchev–Trinajstić information content (AvgIpc) is 3.33. The molecule has 4 rings (SSSR count). The van der Waals surface area contributed by atoms with E-state index in [9.17, 15) is 9.90 Å². The van der Waals surface area contributed by atoms with Crippen molar-refractivity contribution in [2.75, 3.05) is 43.1 Å². The number of amidine groups is 1. The third-order valence-electron chi connectivity index (χ3n) is 6.04. The molecule has 0 saturated carbocycles. The molecule has 34 heavy (non-hydrogen) atoms. The quantitative estimate of drug-likeness (QED) is 0.481. The van der Waals surface area contributed by atoms with Crippen LogP contribution < -0.4 is 9.80 Å².